The smallest absolute Gasteiger partial charge is 0.161 e. The number of benzene rings is 1. The fourth-order valence-electron chi connectivity index (χ4n) is 3.36. The minimum Gasteiger partial charge on any atom is -0.360 e. The molecule has 0 radical (unpaired) electrons. The van der Waals surface area contributed by atoms with Crippen LogP contribution in [0.4, 0.5) is 5.82 Å². The van der Waals surface area contributed by atoms with Crippen LogP contribution in [0.1, 0.15) is 37.0 Å². The van der Waals surface area contributed by atoms with Crippen LogP contribution in [-0.2, 0) is 7.05 Å². The maximum absolute atomic E-state index is 4.89. The number of anilines is 1. The highest BCUT2D eigenvalue weighted by molar-refractivity contribution is 5.68. The second kappa shape index (κ2) is 7.07. The first-order chi connectivity index (χ1) is 13.5. The van der Waals surface area contributed by atoms with Crippen molar-refractivity contribution < 1.29 is 0 Å². The van der Waals surface area contributed by atoms with Gasteiger partial charge in [-0.3, -0.25) is 4.68 Å². The molecule has 7 heteroatoms. The van der Waals surface area contributed by atoms with E-state index >= 15 is 0 Å². The Bertz CT molecular complexity index is 1110. The highest BCUT2D eigenvalue weighted by Crippen LogP contribution is 2.29. The molecule has 4 rings (SSSR count). The van der Waals surface area contributed by atoms with Crippen molar-refractivity contribution in [2.24, 2.45) is 13.0 Å². The number of hydrogen-bond donors (Lipinski definition) is 1. The van der Waals surface area contributed by atoms with E-state index in [4.69, 9.17) is 10.1 Å². The van der Waals surface area contributed by atoms with Gasteiger partial charge in [0.2, 0.25) is 0 Å². The number of nitrogens with one attached hydrogen (secondary N) is 1. The van der Waals surface area contributed by atoms with Crippen molar-refractivity contribution in [3.8, 4) is 11.3 Å². The van der Waals surface area contributed by atoms with Gasteiger partial charge in [0.25, 0.3) is 0 Å². The van der Waals surface area contributed by atoms with Crippen LogP contribution < -0.4 is 5.32 Å². The molecule has 1 aromatic carbocycles. The van der Waals surface area contributed by atoms with Gasteiger partial charge in [0.15, 0.2) is 5.65 Å². The average Bonchev–Trinajstić information content (AvgIpc) is 3.23. The van der Waals surface area contributed by atoms with Crippen LogP contribution in [0.2, 0.25) is 0 Å². The molecule has 1 unspecified atom stereocenters. The van der Waals surface area contributed by atoms with E-state index in [2.05, 4.69) is 54.4 Å². The maximum atomic E-state index is 4.89. The molecule has 3 heterocycles. The van der Waals surface area contributed by atoms with Crippen molar-refractivity contribution in [1.82, 2.24) is 29.4 Å². The summed E-state index contributed by atoms with van der Waals surface area (Å²) in [5.41, 5.74) is 4.91. The molecule has 0 bridgehead atoms. The Morgan fingerprint density at radius 1 is 1.07 bits per heavy atom. The summed E-state index contributed by atoms with van der Waals surface area (Å²) in [7, 11) is 1.92. The lowest BCUT2D eigenvalue weighted by Gasteiger charge is -2.23. The van der Waals surface area contributed by atoms with Crippen molar-refractivity contribution >= 4 is 11.5 Å². The number of fused-ring (bicyclic) bond motifs is 1. The molecule has 1 atom stereocenters. The summed E-state index contributed by atoms with van der Waals surface area (Å²) in [6.07, 6.45) is 1.59. The van der Waals surface area contributed by atoms with Gasteiger partial charge in [-0.15, -0.1) is 0 Å². The third-order valence-corrected chi connectivity index (χ3v) is 5.12. The number of hydrogen-bond acceptors (Lipinski definition) is 5. The van der Waals surface area contributed by atoms with Gasteiger partial charge in [-0.2, -0.15) is 14.7 Å². The van der Waals surface area contributed by atoms with Gasteiger partial charge in [0.1, 0.15) is 18.0 Å². The molecule has 0 saturated carbocycles. The fraction of sp³-hybridized carbons (Fsp3) is 0.333. The zero-order chi connectivity index (χ0) is 19.8. The summed E-state index contributed by atoms with van der Waals surface area (Å²) in [5.74, 6) is 2.09. The maximum Gasteiger partial charge on any atom is 0.161 e. The molecular weight excluding hydrogens is 350 g/mol. The van der Waals surface area contributed by atoms with Gasteiger partial charge in [-0.1, -0.05) is 44.2 Å². The van der Waals surface area contributed by atoms with E-state index in [9.17, 15) is 0 Å². The second-order valence-electron chi connectivity index (χ2n) is 7.45. The predicted molar refractivity (Wildman–Crippen MR) is 110 cm³/mol. The van der Waals surface area contributed by atoms with Crippen molar-refractivity contribution in [2.45, 2.75) is 33.7 Å². The van der Waals surface area contributed by atoms with Gasteiger partial charge in [-0.25, -0.2) is 9.97 Å². The molecular formula is C21H25N7. The Labute approximate surface area is 164 Å². The lowest BCUT2D eigenvalue weighted by Crippen LogP contribution is -2.22. The fourth-order valence-corrected chi connectivity index (χ4v) is 3.36. The second-order valence-corrected chi connectivity index (χ2v) is 7.45. The molecule has 0 saturated heterocycles. The highest BCUT2D eigenvalue weighted by atomic mass is 15.3. The van der Waals surface area contributed by atoms with Crippen LogP contribution in [0.25, 0.3) is 16.9 Å². The minimum atomic E-state index is -0.00784. The molecule has 0 aliphatic carbocycles. The lowest BCUT2D eigenvalue weighted by atomic mass is 10.0. The van der Waals surface area contributed by atoms with E-state index in [0.29, 0.717) is 5.92 Å². The van der Waals surface area contributed by atoms with E-state index in [1.807, 2.05) is 41.4 Å². The quantitative estimate of drug-likeness (QED) is 0.572. The number of aromatic nitrogens is 6. The normalized spacial score (nSPS) is 12.6. The standard InChI is InChI=1S/C21H25N7/c1-13(2)19(21-22-12-23-27(21)5)25-18-11-17(16-9-7-6-8-10-16)24-20-14(3)15(4)26-28(18)20/h6-13,19,25H,1-5H3. The summed E-state index contributed by atoms with van der Waals surface area (Å²) in [6, 6.07) is 12.3. The number of aryl methyl sites for hydroxylation is 3. The van der Waals surface area contributed by atoms with Gasteiger partial charge >= 0.3 is 0 Å². The van der Waals surface area contributed by atoms with E-state index < -0.39 is 0 Å². The first kappa shape index (κ1) is 18.2. The van der Waals surface area contributed by atoms with Crippen LogP contribution in [0.5, 0.6) is 0 Å². The van der Waals surface area contributed by atoms with Gasteiger partial charge in [-0.05, 0) is 19.8 Å². The Kier molecular flexibility index (Phi) is 4.58. The largest absolute Gasteiger partial charge is 0.360 e. The minimum absolute atomic E-state index is 0.00784. The van der Waals surface area contributed by atoms with Crippen molar-refractivity contribution in [3.63, 3.8) is 0 Å². The summed E-state index contributed by atoms with van der Waals surface area (Å²) in [4.78, 5) is 9.35. The first-order valence-corrected chi connectivity index (χ1v) is 9.48. The molecule has 4 aromatic rings. The molecule has 0 amide bonds. The zero-order valence-electron chi connectivity index (χ0n) is 16.9. The number of rotatable bonds is 5. The Hall–Kier alpha value is -3.22. The van der Waals surface area contributed by atoms with E-state index in [1.54, 1.807) is 6.33 Å². The molecule has 1 N–H and O–H groups in total. The zero-order valence-corrected chi connectivity index (χ0v) is 16.9. The molecule has 3 aromatic heterocycles. The molecule has 0 aliphatic heterocycles. The molecule has 0 spiro atoms. The van der Waals surface area contributed by atoms with Crippen molar-refractivity contribution in [1.29, 1.82) is 0 Å². The third kappa shape index (κ3) is 3.13. The Morgan fingerprint density at radius 3 is 2.46 bits per heavy atom. The molecule has 7 nitrogen and oxygen atoms in total. The first-order valence-electron chi connectivity index (χ1n) is 9.48. The molecule has 144 valence electrons. The van der Waals surface area contributed by atoms with Crippen LogP contribution in [0, 0.1) is 19.8 Å². The Morgan fingerprint density at radius 2 is 1.82 bits per heavy atom. The van der Waals surface area contributed by atoms with Gasteiger partial charge in [0, 0.05) is 24.2 Å². The van der Waals surface area contributed by atoms with E-state index in [-0.39, 0.29) is 6.04 Å². The molecule has 0 fully saturated rings. The topological polar surface area (TPSA) is 72.9 Å². The van der Waals surface area contributed by atoms with Crippen LogP contribution in [0.15, 0.2) is 42.7 Å². The highest BCUT2D eigenvalue weighted by Gasteiger charge is 2.23. The summed E-state index contributed by atoms with van der Waals surface area (Å²) < 4.78 is 3.70. The number of nitrogens with zero attached hydrogens (tertiary/aromatic N) is 6. The van der Waals surface area contributed by atoms with Crippen LogP contribution >= 0.6 is 0 Å². The lowest BCUT2D eigenvalue weighted by molar-refractivity contribution is 0.495. The van der Waals surface area contributed by atoms with Crippen LogP contribution in [0.3, 0.4) is 0 Å². The van der Waals surface area contributed by atoms with Crippen molar-refractivity contribution in [2.75, 3.05) is 5.32 Å². The molecule has 28 heavy (non-hydrogen) atoms. The van der Waals surface area contributed by atoms with Crippen molar-refractivity contribution in [3.05, 3.63) is 59.8 Å². The summed E-state index contributed by atoms with van der Waals surface area (Å²) in [6.45, 7) is 8.41. The monoisotopic (exact) mass is 375 g/mol. The van der Waals surface area contributed by atoms with E-state index in [1.165, 1.54) is 0 Å². The third-order valence-electron chi connectivity index (χ3n) is 5.12. The van der Waals surface area contributed by atoms with E-state index in [0.717, 1.165) is 39.8 Å². The average molecular weight is 375 g/mol. The SMILES string of the molecule is Cc1nn2c(NC(c3ncnn3C)C(C)C)cc(-c3ccccc3)nc2c1C. The van der Waals surface area contributed by atoms with Crippen LogP contribution in [-0.4, -0.2) is 29.4 Å². The predicted octanol–water partition coefficient (Wildman–Crippen LogP) is 3.95. The Balaban J connectivity index is 1.87. The summed E-state index contributed by atoms with van der Waals surface area (Å²) >= 11 is 0. The van der Waals surface area contributed by atoms with Gasteiger partial charge < -0.3 is 5.32 Å². The van der Waals surface area contributed by atoms with Gasteiger partial charge in [0.05, 0.1) is 17.4 Å². The molecule has 0 aliphatic rings. The summed E-state index contributed by atoms with van der Waals surface area (Å²) in [5, 5.41) is 12.6.